The molecule has 0 unspecified atom stereocenters. The summed E-state index contributed by atoms with van der Waals surface area (Å²) < 4.78 is 4.68. The van der Waals surface area contributed by atoms with Crippen molar-refractivity contribution < 1.29 is 9.53 Å². The van der Waals surface area contributed by atoms with Crippen LogP contribution in [0.15, 0.2) is 12.7 Å². The van der Waals surface area contributed by atoms with Crippen LogP contribution in [0.3, 0.4) is 0 Å². The minimum absolute atomic E-state index is 0.175. The van der Waals surface area contributed by atoms with E-state index in [9.17, 15) is 4.79 Å². The zero-order valence-electron chi connectivity index (χ0n) is 6.50. The molecule has 0 saturated carbocycles. The predicted molar refractivity (Wildman–Crippen MR) is 41.8 cm³/mol. The molecule has 0 radical (unpaired) electrons. The Balaban J connectivity index is 2.63. The van der Waals surface area contributed by atoms with Crippen molar-refractivity contribution in [1.82, 2.24) is 15.2 Å². The smallest absolute Gasteiger partial charge is 0.336 e. The van der Waals surface area contributed by atoms with Gasteiger partial charge in [-0.3, -0.25) is 10.1 Å². The molecule has 12 heavy (non-hydrogen) atoms. The fourth-order valence-electron chi connectivity index (χ4n) is 0.561. The molecule has 0 fully saturated rings. The zero-order valence-corrected chi connectivity index (χ0v) is 6.50. The average Bonchev–Trinajstić information content (AvgIpc) is 2.52. The van der Waals surface area contributed by atoms with E-state index in [0.29, 0.717) is 0 Å². The molecule has 0 spiro atoms. The monoisotopic (exact) mass is 168 g/mol. The summed E-state index contributed by atoms with van der Waals surface area (Å²) in [5, 5.41) is 8.45. The molecule has 6 nitrogen and oxygen atoms in total. The van der Waals surface area contributed by atoms with E-state index in [1.165, 1.54) is 7.11 Å². The standard InChI is InChI=1S/C6H8N4O2/c1-3-4(11)7-5-8-6(12-2)10-9-5/h3H,1H2,2H3,(H2,7,8,9,10,11). The van der Waals surface area contributed by atoms with Gasteiger partial charge in [-0.05, 0) is 6.08 Å². The number of ether oxygens (including phenoxy) is 1. The van der Waals surface area contributed by atoms with Crippen LogP contribution in [0.4, 0.5) is 5.95 Å². The van der Waals surface area contributed by atoms with Crippen LogP contribution in [0.25, 0.3) is 0 Å². The molecule has 0 saturated heterocycles. The molecule has 0 aliphatic heterocycles. The summed E-state index contributed by atoms with van der Waals surface area (Å²) in [4.78, 5) is 14.5. The van der Waals surface area contributed by atoms with Crippen molar-refractivity contribution >= 4 is 11.9 Å². The van der Waals surface area contributed by atoms with E-state index in [0.717, 1.165) is 6.08 Å². The molecule has 0 aliphatic rings. The van der Waals surface area contributed by atoms with Gasteiger partial charge in [0.15, 0.2) is 0 Å². The molecule has 64 valence electrons. The Bertz CT molecular complexity index is 293. The first-order valence-corrected chi connectivity index (χ1v) is 3.16. The first-order chi connectivity index (χ1) is 5.76. The quantitative estimate of drug-likeness (QED) is 0.619. The number of methoxy groups -OCH3 is 1. The van der Waals surface area contributed by atoms with Gasteiger partial charge in [0.05, 0.1) is 7.11 Å². The molecule has 0 bridgehead atoms. The number of carbonyl (C=O) groups is 1. The minimum Gasteiger partial charge on any atom is -0.466 e. The molecule has 6 heteroatoms. The molecule has 1 aromatic rings. The fraction of sp³-hybridized carbons (Fsp3) is 0.167. The Morgan fingerprint density at radius 1 is 1.83 bits per heavy atom. The van der Waals surface area contributed by atoms with Crippen LogP contribution in [0, 0.1) is 0 Å². The largest absolute Gasteiger partial charge is 0.466 e. The third-order valence-corrected chi connectivity index (χ3v) is 1.07. The van der Waals surface area contributed by atoms with Gasteiger partial charge in [0.2, 0.25) is 11.9 Å². The van der Waals surface area contributed by atoms with Gasteiger partial charge in [0.1, 0.15) is 0 Å². The second kappa shape index (κ2) is 3.51. The SMILES string of the molecule is C=CC(=O)Nc1nc(OC)n[nH]1. The number of aromatic amines is 1. The highest BCUT2D eigenvalue weighted by Crippen LogP contribution is 2.03. The molecular weight excluding hydrogens is 160 g/mol. The molecule has 1 amide bonds. The third kappa shape index (κ3) is 1.82. The zero-order chi connectivity index (χ0) is 8.97. The lowest BCUT2D eigenvalue weighted by Crippen LogP contribution is -2.08. The number of rotatable bonds is 3. The molecule has 0 aliphatic carbocycles. The van der Waals surface area contributed by atoms with Crippen LogP contribution >= 0.6 is 0 Å². The van der Waals surface area contributed by atoms with Gasteiger partial charge in [-0.15, -0.1) is 5.10 Å². The highest BCUT2D eigenvalue weighted by molar-refractivity contribution is 5.97. The molecule has 0 atom stereocenters. The Labute approximate surface area is 68.6 Å². The average molecular weight is 168 g/mol. The van der Waals surface area contributed by atoms with Crippen molar-refractivity contribution in [3.8, 4) is 6.01 Å². The summed E-state index contributed by atoms with van der Waals surface area (Å²) in [5.41, 5.74) is 0. The van der Waals surface area contributed by atoms with E-state index in [1.807, 2.05) is 0 Å². The van der Waals surface area contributed by atoms with E-state index in [-0.39, 0.29) is 17.9 Å². The van der Waals surface area contributed by atoms with E-state index in [1.54, 1.807) is 0 Å². The number of aromatic nitrogens is 3. The molecule has 0 aromatic carbocycles. The maximum absolute atomic E-state index is 10.7. The maximum atomic E-state index is 10.7. The highest BCUT2D eigenvalue weighted by atomic mass is 16.5. The Morgan fingerprint density at radius 3 is 3.08 bits per heavy atom. The van der Waals surface area contributed by atoms with Crippen LogP contribution < -0.4 is 10.1 Å². The number of nitrogens with one attached hydrogen (secondary N) is 2. The number of H-pyrrole nitrogens is 1. The summed E-state index contributed by atoms with van der Waals surface area (Å²) in [6.45, 7) is 3.28. The van der Waals surface area contributed by atoms with E-state index in [2.05, 4.69) is 31.8 Å². The molecule has 1 aromatic heterocycles. The molecule has 1 heterocycles. The van der Waals surface area contributed by atoms with Crippen LogP contribution in [0.5, 0.6) is 6.01 Å². The first-order valence-electron chi connectivity index (χ1n) is 3.16. The lowest BCUT2D eigenvalue weighted by Gasteiger charge is -1.92. The minimum atomic E-state index is -0.353. The fourth-order valence-corrected chi connectivity index (χ4v) is 0.561. The predicted octanol–water partition coefficient (Wildman–Crippen LogP) is -0.0622. The van der Waals surface area contributed by atoms with Crippen molar-refractivity contribution in [2.45, 2.75) is 0 Å². The van der Waals surface area contributed by atoms with E-state index in [4.69, 9.17) is 0 Å². The van der Waals surface area contributed by atoms with Gasteiger partial charge < -0.3 is 4.74 Å². The lowest BCUT2D eigenvalue weighted by molar-refractivity contribution is -0.111. The Hall–Kier alpha value is -1.85. The lowest BCUT2D eigenvalue weighted by atomic mass is 10.6. The van der Waals surface area contributed by atoms with Crippen LogP contribution in [-0.2, 0) is 4.79 Å². The van der Waals surface area contributed by atoms with Gasteiger partial charge >= 0.3 is 6.01 Å². The summed E-state index contributed by atoms with van der Waals surface area (Å²) in [7, 11) is 1.43. The third-order valence-electron chi connectivity index (χ3n) is 1.07. The number of anilines is 1. The van der Waals surface area contributed by atoms with Crippen LogP contribution in [-0.4, -0.2) is 28.2 Å². The van der Waals surface area contributed by atoms with Gasteiger partial charge in [-0.25, -0.2) is 5.10 Å². The second-order valence-corrected chi connectivity index (χ2v) is 1.86. The molecule has 1 rings (SSSR count). The normalized spacial score (nSPS) is 9.08. The second-order valence-electron chi connectivity index (χ2n) is 1.86. The van der Waals surface area contributed by atoms with E-state index >= 15 is 0 Å². The van der Waals surface area contributed by atoms with Crippen molar-refractivity contribution in [2.24, 2.45) is 0 Å². The van der Waals surface area contributed by atoms with Crippen LogP contribution in [0.1, 0.15) is 0 Å². The van der Waals surface area contributed by atoms with Gasteiger partial charge in [0, 0.05) is 0 Å². The van der Waals surface area contributed by atoms with Crippen molar-refractivity contribution in [1.29, 1.82) is 0 Å². The number of carbonyl (C=O) groups excluding carboxylic acids is 1. The summed E-state index contributed by atoms with van der Waals surface area (Å²) in [6, 6.07) is 0.175. The maximum Gasteiger partial charge on any atom is 0.336 e. The Kier molecular flexibility index (Phi) is 2.42. The topological polar surface area (TPSA) is 79.9 Å². The van der Waals surface area contributed by atoms with Crippen LogP contribution in [0.2, 0.25) is 0 Å². The van der Waals surface area contributed by atoms with Gasteiger partial charge in [-0.1, -0.05) is 6.58 Å². The highest BCUT2D eigenvalue weighted by Gasteiger charge is 2.03. The van der Waals surface area contributed by atoms with E-state index < -0.39 is 0 Å². The summed E-state index contributed by atoms with van der Waals surface area (Å²) in [6.07, 6.45) is 1.13. The summed E-state index contributed by atoms with van der Waals surface area (Å²) in [5.74, 6) is -0.120. The van der Waals surface area contributed by atoms with Crippen molar-refractivity contribution in [2.75, 3.05) is 12.4 Å². The number of nitrogens with zero attached hydrogens (tertiary/aromatic N) is 2. The molecular formula is C6H8N4O2. The van der Waals surface area contributed by atoms with Crippen molar-refractivity contribution in [3.63, 3.8) is 0 Å². The Morgan fingerprint density at radius 2 is 2.58 bits per heavy atom. The molecule has 2 N–H and O–H groups in total. The van der Waals surface area contributed by atoms with Gasteiger partial charge in [0.25, 0.3) is 0 Å². The number of hydrogen-bond acceptors (Lipinski definition) is 4. The summed E-state index contributed by atoms with van der Waals surface area (Å²) >= 11 is 0. The first kappa shape index (κ1) is 8.25. The van der Waals surface area contributed by atoms with Gasteiger partial charge in [-0.2, -0.15) is 4.98 Å². The van der Waals surface area contributed by atoms with Crippen molar-refractivity contribution in [3.05, 3.63) is 12.7 Å². The number of hydrogen-bond donors (Lipinski definition) is 2. The number of amides is 1.